The Morgan fingerprint density at radius 3 is 2.78 bits per heavy atom. The summed E-state index contributed by atoms with van der Waals surface area (Å²) in [6.07, 6.45) is 1.62. The van der Waals surface area contributed by atoms with Crippen molar-refractivity contribution in [1.82, 2.24) is 9.88 Å². The molecule has 0 fully saturated rings. The number of aromatic nitrogens is 1. The standard InChI is InChI=1S/C17H17FN4O/c1-17(10-14(23)22(2)16(19)21-17)12-6-3-5-11(9-12)13-7-4-8-20-15(13)18/h3-9H,10H2,1-2H3,(H2,19,21)/t17-/m0/s1. The normalized spacial score (nSPS) is 21.3. The monoisotopic (exact) mass is 312 g/mol. The van der Waals surface area contributed by atoms with Crippen LogP contribution in [0.1, 0.15) is 18.9 Å². The number of guanidine groups is 1. The molecule has 0 unspecified atom stereocenters. The van der Waals surface area contributed by atoms with E-state index in [0.29, 0.717) is 11.1 Å². The highest BCUT2D eigenvalue weighted by Gasteiger charge is 2.36. The van der Waals surface area contributed by atoms with Crippen LogP contribution in [-0.2, 0) is 10.3 Å². The molecule has 2 heterocycles. The number of amides is 1. The van der Waals surface area contributed by atoms with E-state index in [1.54, 1.807) is 25.2 Å². The summed E-state index contributed by atoms with van der Waals surface area (Å²) in [7, 11) is 1.60. The Balaban J connectivity index is 2.07. The molecule has 1 aromatic heterocycles. The summed E-state index contributed by atoms with van der Waals surface area (Å²) >= 11 is 0. The highest BCUT2D eigenvalue weighted by Crippen LogP contribution is 2.35. The van der Waals surface area contributed by atoms with Crippen molar-refractivity contribution in [2.75, 3.05) is 7.05 Å². The van der Waals surface area contributed by atoms with Crippen LogP contribution in [-0.4, -0.2) is 28.8 Å². The number of hydrogen-bond donors (Lipinski definition) is 1. The zero-order valence-electron chi connectivity index (χ0n) is 13.0. The Hall–Kier alpha value is -2.76. The zero-order valence-corrected chi connectivity index (χ0v) is 13.0. The van der Waals surface area contributed by atoms with E-state index < -0.39 is 11.5 Å². The lowest BCUT2D eigenvalue weighted by Crippen LogP contribution is -2.47. The second-order valence-electron chi connectivity index (χ2n) is 5.80. The lowest BCUT2D eigenvalue weighted by atomic mass is 9.86. The van der Waals surface area contributed by atoms with Gasteiger partial charge in [-0.3, -0.25) is 9.69 Å². The summed E-state index contributed by atoms with van der Waals surface area (Å²) in [6.45, 7) is 1.85. The second-order valence-corrected chi connectivity index (χ2v) is 5.80. The van der Waals surface area contributed by atoms with Gasteiger partial charge in [0.15, 0.2) is 5.96 Å². The quantitative estimate of drug-likeness (QED) is 0.865. The van der Waals surface area contributed by atoms with E-state index in [4.69, 9.17) is 5.73 Å². The Morgan fingerprint density at radius 1 is 1.30 bits per heavy atom. The molecule has 0 radical (unpaired) electrons. The van der Waals surface area contributed by atoms with Gasteiger partial charge in [-0.1, -0.05) is 18.2 Å². The van der Waals surface area contributed by atoms with E-state index in [2.05, 4.69) is 9.98 Å². The fourth-order valence-corrected chi connectivity index (χ4v) is 2.70. The molecule has 6 heteroatoms. The molecule has 2 aromatic rings. The number of carbonyl (C=O) groups excluding carboxylic acids is 1. The molecule has 118 valence electrons. The number of pyridine rings is 1. The number of hydrogen-bond acceptors (Lipinski definition) is 4. The summed E-state index contributed by atoms with van der Waals surface area (Å²) in [6, 6.07) is 10.7. The summed E-state index contributed by atoms with van der Waals surface area (Å²) in [5.74, 6) is -0.447. The van der Waals surface area contributed by atoms with Crippen molar-refractivity contribution in [3.63, 3.8) is 0 Å². The lowest BCUT2D eigenvalue weighted by Gasteiger charge is -2.33. The van der Waals surface area contributed by atoms with E-state index in [-0.39, 0.29) is 18.3 Å². The minimum atomic E-state index is -0.762. The van der Waals surface area contributed by atoms with Gasteiger partial charge in [0.25, 0.3) is 0 Å². The van der Waals surface area contributed by atoms with Gasteiger partial charge >= 0.3 is 0 Å². The molecule has 1 aromatic carbocycles. The van der Waals surface area contributed by atoms with Crippen LogP contribution in [0.5, 0.6) is 0 Å². The molecule has 0 saturated carbocycles. The van der Waals surface area contributed by atoms with Crippen LogP contribution in [0.15, 0.2) is 47.6 Å². The predicted octanol–water partition coefficient (Wildman–Crippen LogP) is 2.28. The van der Waals surface area contributed by atoms with Crippen molar-refractivity contribution < 1.29 is 9.18 Å². The highest BCUT2D eigenvalue weighted by molar-refractivity contribution is 5.98. The molecule has 0 aliphatic carbocycles. The second kappa shape index (κ2) is 5.46. The summed E-state index contributed by atoms with van der Waals surface area (Å²) in [4.78, 5) is 21.6. The van der Waals surface area contributed by atoms with Crippen molar-refractivity contribution in [3.8, 4) is 11.1 Å². The third-order valence-electron chi connectivity index (χ3n) is 4.13. The molecule has 2 N–H and O–H groups in total. The SMILES string of the molecule is CN1C(=O)C[C@@](C)(c2cccc(-c3cccnc3F)c2)N=C1N. The third kappa shape index (κ3) is 2.67. The predicted molar refractivity (Wildman–Crippen MR) is 86.0 cm³/mol. The number of nitrogens with two attached hydrogens (primary N) is 1. The average molecular weight is 312 g/mol. The fraction of sp³-hybridized carbons (Fsp3) is 0.235. The summed E-state index contributed by atoms with van der Waals surface area (Å²) in [5.41, 5.74) is 6.99. The molecule has 5 nitrogen and oxygen atoms in total. The van der Waals surface area contributed by atoms with Gasteiger partial charge in [0, 0.05) is 18.8 Å². The van der Waals surface area contributed by atoms with Crippen molar-refractivity contribution >= 4 is 11.9 Å². The van der Waals surface area contributed by atoms with E-state index in [9.17, 15) is 9.18 Å². The van der Waals surface area contributed by atoms with Gasteiger partial charge in [-0.2, -0.15) is 4.39 Å². The van der Waals surface area contributed by atoms with Gasteiger partial charge < -0.3 is 5.73 Å². The number of halogens is 1. The molecule has 0 bridgehead atoms. The largest absolute Gasteiger partial charge is 0.369 e. The molecular formula is C17H17FN4O. The molecular weight excluding hydrogens is 295 g/mol. The number of carbonyl (C=O) groups is 1. The van der Waals surface area contributed by atoms with E-state index in [1.807, 2.05) is 25.1 Å². The molecule has 1 aliphatic heterocycles. The Bertz CT molecular complexity index is 805. The van der Waals surface area contributed by atoms with Crippen LogP contribution >= 0.6 is 0 Å². The van der Waals surface area contributed by atoms with Crippen molar-refractivity contribution in [1.29, 1.82) is 0 Å². The van der Waals surface area contributed by atoms with Crippen molar-refractivity contribution in [2.45, 2.75) is 18.9 Å². The minimum Gasteiger partial charge on any atom is -0.369 e. The number of benzene rings is 1. The first-order valence-corrected chi connectivity index (χ1v) is 7.24. The van der Waals surface area contributed by atoms with Crippen LogP contribution in [0.25, 0.3) is 11.1 Å². The minimum absolute atomic E-state index is 0.0991. The maximum atomic E-state index is 13.9. The van der Waals surface area contributed by atoms with E-state index >= 15 is 0 Å². The molecule has 0 spiro atoms. The van der Waals surface area contributed by atoms with Crippen molar-refractivity contribution in [3.05, 3.63) is 54.1 Å². The fourth-order valence-electron chi connectivity index (χ4n) is 2.70. The van der Waals surface area contributed by atoms with E-state index in [1.165, 1.54) is 11.1 Å². The van der Waals surface area contributed by atoms with Gasteiger partial charge in [0.2, 0.25) is 11.9 Å². The molecule has 1 amide bonds. The van der Waals surface area contributed by atoms with Gasteiger partial charge in [-0.05, 0) is 36.2 Å². The average Bonchev–Trinajstić information content (AvgIpc) is 2.53. The van der Waals surface area contributed by atoms with Gasteiger partial charge in [0.1, 0.15) is 0 Å². The first-order valence-electron chi connectivity index (χ1n) is 7.24. The zero-order chi connectivity index (χ0) is 16.6. The first-order chi connectivity index (χ1) is 10.9. The Labute approximate surface area is 133 Å². The summed E-state index contributed by atoms with van der Waals surface area (Å²) < 4.78 is 13.9. The van der Waals surface area contributed by atoms with Crippen molar-refractivity contribution in [2.24, 2.45) is 10.7 Å². The molecule has 1 aliphatic rings. The number of aliphatic imine (C=N–C) groups is 1. The third-order valence-corrected chi connectivity index (χ3v) is 4.13. The number of rotatable bonds is 2. The maximum Gasteiger partial charge on any atom is 0.231 e. The lowest BCUT2D eigenvalue weighted by molar-refractivity contribution is -0.128. The first kappa shape index (κ1) is 15.1. The van der Waals surface area contributed by atoms with Crippen LogP contribution in [0, 0.1) is 5.95 Å². The Morgan fingerprint density at radius 2 is 2.09 bits per heavy atom. The molecule has 3 rings (SSSR count). The number of nitrogens with zero attached hydrogens (tertiary/aromatic N) is 3. The maximum absolute atomic E-state index is 13.9. The Kier molecular flexibility index (Phi) is 3.60. The summed E-state index contributed by atoms with van der Waals surface area (Å²) in [5, 5.41) is 0. The molecule has 0 saturated heterocycles. The van der Waals surface area contributed by atoms with E-state index in [0.717, 1.165) is 5.56 Å². The van der Waals surface area contributed by atoms with Crippen LogP contribution in [0.4, 0.5) is 4.39 Å². The van der Waals surface area contributed by atoms with Crippen LogP contribution in [0.3, 0.4) is 0 Å². The topological polar surface area (TPSA) is 71.6 Å². The van der Waals surface area contributed by atoms with Gasteiger partial charge in [-0.15, -0.1) is 0 Å². The van der Waals surface area contributed by atoms with Gasteiger partial charge in [-0.25, -0.2) is 9.98 Å². The van der Waals surface area contributed by atoms with Crippen LogP contribution < -0.4 is 5.73 Å². The smallest absolute Gasteiger partial charge is 0.231 e. The van der Waals surface area contributed by atoms with Gasteiger partial charge in [0.05, 0.1) is 12.0 Å². The molecule has 23 heavy (non-hydrogen) atoms. The molecule has 1 atom stereocenters. The van der Waals surface area contributed by atoms with Crippen LogP contribution in [0.2, 0.25) is 0 Å². The highest BCUT2D eigenvalue weighted by atomic mass is 19.1.